The summed E-state index contributed by atoms with van der Waals surface area (Å²) in [5.41, 5.74) is 2.25. The summed E-state index contributed by atoms with van der Waals surface area (Å²) >= 11 is 7.71. The van der Waals surface area contributed by atoms with E-state index in [1.54, 1.807) is 0 Å². The van der Waals surface area contributed by atoms with Crippen molar-refractivity contribution in [1.29, 1.82) is 0 Å². The first kappa shape index (κ1) is 16.2. The Kier molecular flexibility index (Phi) is 6.93. The molecule has 0 bridgehead atoms. The van der Waals surface area contributed by atoms with E-state index in [2.05, 4.69) is 12.1 Å². The topological polar surface area (TPSA) is 29.5 Å². The lowest BCUT2D eigenvalue weighted by molar-refractivity contribution is 0.282. The molecular weight excluding hydrogens is 304 g/mol. The lowest BCUT2D eigenvalue weighted by Gasteiger charge is -2.06. The van der Waals surface area contributed by atoms with Crippen molar-refractivity contribution < 1.29 is 9.84 Å². The van der Waals surface area contributed by atoms with E-state index in [0.717, 1.165) is 40.9 Å². The molecule has 0 fully saturated rings. The predicted molar refractivity (Wildman–Crippen MR) is 90.1 cm³/mol. The van der Waals surface area contributed by atoms with Crippen LogP contribution >= 0.6 is 23.4 Å². The molecule has 1 N–H and O–H groups in total. The Balaban J connectivity index is 1.58. The lowest BCUT2D eigenvalue weighted by atomic mass is 10.2. The monoisotopic (exact) mass is 322 g/mol. The number of rotatable bonds is 8. The van der Waals surface area contributed by atoms with Crippen molar-refractivity contribution in [3.05, 3.63) is 64.7 Å². The molecule has 2 rings (SSSR count). The Morgan fingerprint density at radius 1 is 0.952 bits per heavy atom. The largest absolute Gasteiger partial charge is 0.494 e. The van der Waals surface area contributed by atoms with Crippen LogP contribution in [0.2, 0.25) is 5.02 Å². The van der Waals surface area contributed by atoms with Gasteiger partial charge in [-0.1, -0.05) is 35.9 Å². The molecule has 0 unspecified atom stereocenters. The Hall–Kier alpha value is -1.16. The predicted octanol–water partition coefficient (Wildman–Crippen LogP) is 4.53. The molecule has 0 saturated heterocycles. The molecule has 0 heterocycles. The van der Waals surface area contributed by atoms with E-state index in [-0.39, 0.29) is 6.61 Å². The van der Waals surface area contributed by atoms with Gasteiger partial charge >= 0.3 is 0 Å². The molecule has 112 valence electrons. The van der Waals surface area contributed by atoms with Gasteiger partial charge in [0.1, 0.15) is 5.75 Å². The van der Waals surface area contributed by atoms with Crippen LogP contribution < -0.4 is 4.74 Å². The summed E-state index contributed by atoms with van der Waals surface area (Å²) in [6, 6.07) is 15.5. The minimum Gasteiger partial charge on any atom is -0.494 e. The average Bonchev–Trinajstić information content (AvgIpc) is 2.53. The Morgan fingerprint density at radius 3 is 2.29 bits per heavy atom. The second kappa shape index (κ2) is 8.98. The molecule has 0 atom stereocenters. The van der Waals surface area contributed by atoms with Crippen LogP contribution in [0.25, 0.3) is 0 Å². The van der Waals surface area contributed by atoms with Crippen LogP contribution in [0.3, 0.4) is 0 Å². The fourth-order valence-corrected chi connectivity index (χ4v) is 2.83. The summed E-state index contributed by atoms with van der Waals surface area (Å²) < 4.78 is 5.64. The fourth-order valence-electron chi connectivity index (χ4n) is 1.81. The maximum atomic E-state index is 8.98. The van der Waals surface area contributed by atoms with Crippen LogP contribution in [0.15, 0.2) is 48.5 Å². The number of hydrogen-bond acceptors (Lipinski definition) is 3. The van der Waals surface area contributed by atoms with E-state index in [4.69, 9.17) is 21.4 Å². The maximum absolute atomic E-state index is 8.98. The van der Waals surface area contributed by atoms with Gasteiger partial charge in [0.25, 0.3) is 0 Å². The number of benzene rings is 2. The molecule has 0 aliphatic carbocycles. The number of aliphatic hydroxyl groups is 1. The smallest absolute Gasteiger partial charge is 0.119 e. The van der Waals surface area contributed by atoms with Gasteiger partial charge in [-0.15, -0.1) is 0 Å². The van der Waals surface area contributed by atoms with E-state index in [1.165, 1.54) is 5.56 Å². The number of aliphatic hydroxyl groups excluding tert-OH is 1. The first-order valence-corrected chi connectivity index (χ1v) is 8.46. The Bertz CT molecular complexity index is 525. The van der Waals surface area contributed by atoms with E-state index in [9.17, 15) is 0 Å². The Labute approximate surface area is 135 Å². The van der Waals surface area contributed by atoms with Gasteiger partial charge in [-0.2, -0.15) is 11.8 Å². The van der Waals surface area contributed by atoms with Crippen LogP contribution in [-0.2, 0) is 12.4 Å². The van der Waals surface area contributed by atoms with Crippen LogP contribution in [0.4, 0.5) is 0 Å². The van der Waals surface area contributed by atoms with Crippen molar-refractivity contribution >= 4 is 23.4 Å². The summed E-state index contributed by atoms with van der Waals surface area (Å²) in [6.07, 6.45) is 1.02. The highest BCUT2D eigenvalue weighted by Gasteiger charge is 1.97. The van der Waals surface area contributed by atoms with Crippen molar-refractivity contribution in [3.63, 3.8) is 0 Å². The second-order valence-corrected chi connectivity index (χ2v) is 6.22. The van der Waals surface area contributed by atoms with Gasteiger partial charge in [0.05, 0.1) is 13.2 Å². The first-order chi connectivity index (χ1) is 10.3. The zero-order chi connectivity index (χ0) is 14.9. The van der Waals surface area contributed by atoms with Crippen LogP contribution in [0.1, 0.15) is 17.5 Å². The first-order valence-electron chi connectivity index (χ1n) is 6.93. The maximum Gasteiger partial charge on any atom is 0.119 e. The highest BCUT2D eigenvalue weighted by Crippen LogP contribution is 2.17. The summed E-state index contributed by atoms with van der Waals surface area (Å²) in [4.78, 5) is 0. The van der Waals surface area contributed by atoms with Gasteiger partial charge in [0.15, 0.2) is 0 Å². The van der Waals surface area contributed by atoms with Crippen molar-refractivity contribution in [1.82, 2.24) is 0 Å². The van der Waals surface area contributed by atoms with Gasteiger partial charge in [-0.3, -0.25) is 0 Å². The molecule has 0 aliphatic rings. The van der Waals surface area contributed by atoms with Crippen molar-refractivity contribution in [2.45, 2.75) is 18.8 Å². The molecule has 21 heavy (non-hydrogen) atoms. The third kappa shape index (κ3) is 6.00. The van der Waals surface area contributed by atoms with Gasteiger partial charge in [-0.25, -0.2) is 0 Å². The SMILES string of the molecule is OCc1ccc(CSCCCOc2ccc(Cl)cc2)cc1. The molecule has 0 saturated carbocycles. The molecule has 0 radical (unpaired) electrons. The molecule has 0 aliphatic heterocycles. The van der Waals surface area contributed by atoms with Crippen molar-refractivity contribution in [3.8, 4) is 5.75 Å². The molecule has 0 aromatic heterocycles. The lowest BCUT2D eigenvalue weighted by Crippen LogP contribution is -1.98. The molecule has 2 aromatic rings. The number of ether oxygens (including phenoxy) is 1. The van der Waals surface area contributed by atoms with E-state index in [1.807, 2.05) is 48.2 Å². The second-order valence-electron chi connectivity index (χ2n) is 4.68. The summed E-state index contributed by atoms with van der Waals surface area (Å²) in [5, 5.41) is 9.71. The quantitative estimate of drug-likeness (QED) is 0.724. The van der Waals surface area contributed by atoms with Gasteiger partial charge in [-0.05, 0) is 47.6 Å². The zero-order valence-electron chi connectivity index (χ0n) is 11.8. The van der Waals surface area contributed by atoms with Crippen molar-refractivity contribution in [2.75, 3.05) is 12.4 Å². The van der Waals surface area contributed by atoms with E-state index in [0.29, 0.717) is 0 Å². The fraction of sp³-hybridized carbons (Fsp3) is 0.294. The third-order valence-corrected chi connectivity index (χ3v) is 4.36. The molecular formula is C17H19ClO2S. The van der Waals surface area contributed by atoms with Gasteiger partial charge in [0.2, 0.25) is 0 Å². The van der Waals surface area contributed by atoms with Crippen LogP contribution in [0, 0.1) is 0 Å². The highest BCUT2D eigenvalue weighted by atomic mass is 35.5. The summed E-state index contributed by atoms with van der Waals surface area (Å²) in [5.74, 6) is 2.92. The van der Waals surface area contributed by atoms with Gasteiger partial charge < -0.3 is 9.84 Å². The van der Waals surface area contributed by atoms with Crippen LogP contribution in [0.5, 0.6) is 5.75 Å². The highest BCUT2D eigenvalue weighted by molar-refractivity contribution is 7.98. The standard InChI is InChI=1S/C17H19ClO2S/c18-16-6-8-17(9-7-16)20-10-1-11-21-13-15-4-2-14(12-19)3-5-15/h2-9,19H,1,10-13H2. The molecule has 2 nitrogen and oxygen atoms in total. The summed E-state index contributed by atoms with van der Waals surface area (Å²) in [6.45, 7) is 0.827. The number of halogens is 1. The molecule has 4 heteroatoms. The van der Waals surface area contributed by atoms with Gasteiger partial charge in [0, 0.05) is 10.8 Å². The minimum atomic E-state index is 0.107. The number of hydrogen-bond donors (Lipinski definition) is 1. The van der Waals surface area contributed by atoms with E-state index < -0.39 is 0 Å². The summed E-state index contributed by atoms with van der Waals surface area (Å²) in [7, 11) is 0. The normalized spacial score (nSPS) is 10.6. The van der Waals surface area contributed by atoms with E-state index >= 15 is 0 Å². The minimum absolute atomic E-state index is 0.107. The molecule has 0 amide bonds. The molecule has 0 spiro atoms. The number of thioether (sulfide) groups is 1. The van der Waals surface area contributed by atoms with Crippen molar-refractivity contribution in [2.24, 2.45) is 0 Å². The third-order valence-electron chi connectivity index (χ3n) is 2.99. The molecule has 2 aromatic carbocycles. The zero-order valence-corrected chi connectivity index (χ0v) is 13.4. The van der Waals surface area contributed by atoms with Crippen LogP contribution in [-0.4, -0.2) is 17.5 Å². The average molecular weight is 323 g/mol. The Morgan fingerprint density at radius 2 is 1.62 bits per heavy atom.